The first-order chi connectivity index (χ1) is 8.09. The molecule has 0 aliphatic heterocycles. The molecule has 86 valence electrons. The lowest BCUT2D eigenvalue weighted by atomic mass is 10.00. The summed E-state index contributed by atoms with van der Waals surface area (Å²) in [5, 5.41) is 0. The van der Waals surface area contributed by atoms with Gasteiger partial charge in [0.05, 0.1) is 0 Å². The van der Waals surface area contributed by atoms with Crippen LogP contribution in [0.15, 0.2) is 36.5 Å². The van der Waals surface area contributed by atoms with Crippen LogP contribution in [0.4, 0.5) is 4.39 Å². The van der Waals surface area contributed by atoms with Crippen LogP contribution < -0.4 is 0 Å². The van der Waals surface area contributed by atoms with Crippen molar-refractivity contribution >= 4 is 5.78 Å². The smallest absolute Gasteiger partial charge is 0.214 e. The minimum absolute atomic E-state index is 0.124. The number of benzene rings is 1. The summed E-state index contributed by atoms with van der Waals surface area (Å²) in [6.45, 7) is 3.72. The van der Waals surface area contributed by atoms with Gasteiger partial charge in [0.1, 0.15) is 5.69 Å². The Kier molecular flexibility index (Phi) is 3.00. The van der Waals surface area contributed by atoms with E-state index in [0.717, 1.165) is 11.1 Å². The van der Waals surface area contributed by atoms with Crippen molar-refractivity contribution in [3.05, 3.63) is 64.7 Å². The lowest BCUT2D eigenvalue weighted by Crippen LogP contribution is -2.08. The molecule has 0 radical (unpaired) electrons. The van der Waals surface area contributed by atoms with E-state index < -0.39 is 5.82 Å². The van der Waals surface area contributed by atoms with Crippen molar-refractivity contribution in [2.24, 2.45) is 0 Å². The number of halogens is 1. The Morgan fingerprint density at radius 1 is 1.24 bits per heavy atom. The molecule has 0 fully saturated rings. The molecule has 2 nitrogen and oxygen atoms in total. The highest BCUT2D eigenvalue weighted by Gasteiger charge is 2.16. The van der Waals surface area contributed by atoms with Gasteiger partial charge < -0.3 is 0 Å². The van der Waals surface area contributed by atoms with E-state index in [2.05, 4.69) is 4.98 Å². The van der Waals surface area contributed by atoms with E-state index in [0.29, 0.717) is 5.56 Å². The molecule has 0 aliphatic rings. The first-order valence-electron chi connectivity index (χ1n) is 5.32. The van der Waals surface area contributed by atoms with Gasteiger partial charge in [0.2, 0.25) is 5.78 Å². The summed E-state index contributed by atoms with van der Waals surface area (Å²) in [5.74, 6) is -0.956. The maximum atomic E-state index is 13.5. The highest BCUT2D eigenvalue weighted by atomic mass is 19.1. The van der Waals surface area contributed by atoms with Gasteiger partial charge >= 0.3 is 0 Å². The molecule has 17 heavy (non-hydrogen) atoms. The minimum Gasteiger partial charge on any atom is -0.287 e. The van der Waals surface area contributed by atoms with E-state index >= 15 is 0 Å². The summed E-state index contributed by atoms with van der Waals surface area (Å²) in [5.41, 5.74) is 2.17. The maximum Gasteiger partial charge on any atom is 0.214 e. The van der Waals surface area contributed by atoms with Crippen LogP contribution in [0.1, 0.15) is 27.2 Å². The molecule has 0 saturated carbocycles. The summed E-state index contributed by atoms with van der Waals surface area (Å²) < 4.78 is 13.5. The number of carbonyl (C=O) groups is 1. The molecule has 0 N–H and O–H groups in total. The summed E-state index contributed by atoms with van der Waals surface area (Å²) in [6, 6.07) is 8.23. The van der Waals surface area contributed by atoms with Crippen molar-refractivity contribution in [3.8, 4) is 0 Å². The van der Waals surface area contributed by atoms with Gasteiger partial charge in [-0.25, -0.2) is 9.37 Å². The minimum atomic E-state index is -0.585. The Hall–Kier alpha value is -2.03. The molecule has 1 heterocycles. The molecule has 2 rings (SSSR count). The monoisotopic (exact) mass is 229 g/mol. The van der Waals surface area contributed by atoms with Crippen LogP contribution in [0.3, 0.4) is 0 Å². The number of rotatable bonds is 2. The molecule has 1 aromatic carbocycles. The van der Waals surface area contributed by atoms with E-state index in [9.17, 15) is 9.18 Å². The molecule has 0 aliphatic carbocycles. The zero-order valence-corrected chi connectivity index (χ0v) is 9.70. The van der Waals surface area contributed by atoms with Crippen LogP contribution >= 0.6 is 0 Å². The zero-order valence-electron chi connectivity index (χ0n) is 9.70. The van der Waals surface area contributed by atoms with Gasteiger partial charge in [-0.3, -0.25) is 4.79 Å². The quantitative estimate of drug-likeness (QED) is 0.741. The average Bonchev–Trinajstić information content (AvgIpc) is 2.32. The second kappa shape index (κ2) is 4.45. The fourth-order valence-corrected chi connectivity index (χ4v) is 1.66. The Morgan fingerprint density at radius 2 is 2.00 bits per heavy atom. The lowest BCUT2D eigenvalue weighted by Gasteiger charge is -2.06. The van der Waals surface area contributed by atoms with Crippen LogP contribution in [-0.2, 0) is 0 Å². The molecule has 0 amide bonds. The number of hydrogen-bond donors (Lipinski definition) is 0. The topological polar surface area (TPSA) is 30.0 Å². The van der Waals surface area contributed by atoms with Gasteiger partial charge in [0.25, 0.3) is 0 Å². The largest absolute Gasteiger partial charge is 0.287 e. The van der Waals surface area contributed by atoms with Crippen molar-refractivity contribution in [3.63, 3.8) is 0 Å². The van der Waals surface area contributed by atoms with Gasteiger partial charge in [-0.15, -0.1) is 0 Å². The molecule has 3 heteroatoms. The van der Waals surface area contributed by atoms with E-state index in [4.69, 9.17) is 0 Å². The average molecular weight is 229 g/mol. The van der Waals surface area contributed by atoms with Crippen molar-refractivity contribution in [1.29, 1.82) is 0 Å². The number of carbonyl (C=O) groups excluding carboxylic acids is 1. The number of aryl methyl sites for hydroxylation is 2. The van der Waals surface area contributed by atoms with Gasteiger partial charge in [-0.1, -0.05) is 17.7 Å². The molecular formula is C14H12FNO. The van der Waals surface area contributed by atoms with E-state index in [1.807, 2.05) is 26.0 Å². The van der Waals surface area contributed by atoms with Gasteiger partial charge in [0.15, 0.2) is 5.82 Å². The predicted molar refractivity (Wildman–Crippen MR) is 63.5 cm³/mol. The second-order valence-corrected chi connectivity index (χ2v) is 3.98. The van der Waals surface area contributed by atoms with E-state index in [1.54, 1.807) is 6.07 Å². The van der Waals surface area contributed by atoms with Crippen molar-refractivity contribution < 1.29 is 9.18 Å². The van der Waals surface area contributed by atoms with Gasteiger partial charge in [-0.2, -0.15) is 0 Å². The maximum absolute atomic E-state index is 13.5. The highest BCUT2D eigenvalue weighted by Crippen LogP contribution is 2.16. The van der Waals surface area contributed by atoms with E-state index in [-0.39, 0.29) is 11.5 Å². The number of hydrogen-bond acceptors (Lipinski definition) is 2. The Labute approximate surface area is 99.1 Å². The van der Waals surface area contributed by atoms with Crippen molar-refractivity contribution in [2.75, 3.05) is 0 Å². The molecule has 0 saturated heterocycles. The summed E-state index contributed by atoms with van der Waals surface area (Å²) in [6.07, 6.45) is 1.42. The predicted octanol–water partition coefficient (Wildman–Crippen LogP) is 3.07. The third kappa shape index (κ3) is 2.23. The fraction of sp³-hybridized carbons (Fsp3) is 0.143. The molecule has 1 aromatic heterocycles. The number of ketones is 1. The third-order valence-electron chi connectivity index (χ3n) is 2.61. The standard InChI is InChI=1S/C14H12FNO/c1-9-5-6-10(2)11(8-9)14(17)13-12(15)4-3-7-16-13/h3-8H,1-2H3. The van der Waals surface area contributed by atoms with Crippen molar-refractivity contribution in [1.82, 2.24) is 4.98 Å². The van der Waals surface area contributed by atoms with Gasteiger partial charge in [0, 0.05) is 11.8 Å². The Morgan fingerprint density at radius 3 is 2.71 bits per heavy atom. The van der Waals surface area contributed by atoms with Crippen LogP contribution in [0.25, 0.3) is 0 Å². The lowest BCUT2D eigenvalue weighted by molar-refractivity contribution is 0.102. The molecule has 0 unspecified atom stereocenters. The first kappa shape index (κ1) is 11.5. The summed E-state index contributed by atoms with van der Waals surface area (Å²) in [4.78, 5) is 15.9. The fourth-order valence-electron chi connectivity index (χ4n) is 1.66. The molecule has 0 bridgehead atoms. The van der Waals surface area contributed by atoms with Crippen LogP contribution in [0.5, 0.6) is 0 Å². The van der Waals surface area contributed by atoms with Crippen LogP contribution in [0.2, 0.25) is 0 Å². The second-order valence-electron chi connectivity index (χ2n) is 3.98. The molecular weight excluding hydrogens is 217 g/mol. The number of nitrogens with zero attached hydrogens (tertiary/aromatic N) is 1. The Balaban J connectivity index is 2.51. The molecule has 0 atom stereocenters. The first-order valence-corrected chi connectivity index (χ1v) is 5.32. The van der Waals surface area contributed by atoms with Gasteiger partial charge in [-0.05, 0) is 37.6 Å². The zero-order chi connectivity index (χ0) is 12.4. The van der Waals surface area contributed by atoms with E-state index in [1.165, 1.54) is 18.3 Å². The highest BCUT2D eigenvalue weighted by molar-refractivity contribution is 6.08. The van der Waals surface area contributed by atoms with Crippen LogP contribution in [0, 0.1) is 19.7 Å². The third-order valence-corrected chi connectivity index (χ3v) is 2.61. The van der Waals surface area contributed by atoms with Crippen LogP contribution in [-0.4, -0.2) is 10.8 Å². The summed E-state index contributed by atoms with van der Waals surface area (Å²) in [7, 11) is 0. The normalized spacial score (nSPS) is 10.3. The molecule has 0 spiro atoms. The Bertz CT molecular complexity index is 578. The number of pyridine rings is 1. The molecule has 2 aromatic rings. The SMILES string of the molecule is Cc1ccc(C)c(C(=O)c2ncccc2F)c1. The number of aromatic nitrogens is 1. The summed E-state index contributed by atoms with van der Waals surface area (Å²) >= 11 is 0. The van der Waals surface area contributed by atoms with Crippen molar-refractivity contribution in [2.45, 2.75) is 13.8 Å².